The predicted molar refractivity (Wildman–Crippen MR) is 59.4 cm³/mol. The normalized spacial score (nSPS) is 11.3. The second kappa shape index (κ2) is 3.71. The van der Waals surface area contributed by atoms with Gasteiger partial charge in [0.05, 0.1) is 5.75 Å². The summed E-state index contributed by atoms with van der Waals surface area (Å²) in [5, 5.41) is 3.94. The van der Waals surface area contributed by atoms with Crippen LogP contribution in [0, 0.1) is 6.92 Å². The highest BCUT2D eigenvalue weighted by Crippen LogP contribution is 2.33. The topological polar surface area (TPSA) is 34.1 Å². The molecule has 0 atom stereocenters. The molecule has 1 aliphatic heterocycles. The first-order chi connectivity index (χ1) is 6.68. The molecular weight excluding hydrogens is 216 g/mol. The van der Waals surface area contributed by atoms with Gasteiger partial charge in [0.15, 0.2) is 0 Å². The van der Waals surface area contributed by atoms with Gasteiger partial charge < -0.3 is 0 Å². The summed E-state index contributed by atoms with van der Waals surface area (Å²) in [6, 6.07) is 3.83. The first-order valence-corrected chi connectivity index (χ1v) is 6.40. The van der Waals surface area contributed by atoms with Crippen LogP contribution in [0.2, 0.25) is 0 Å². The summed E-state index contributed by atoms with van der Waals surface area (Å²) in [5.74, 6) is 0.109. The van der Waals surface area contributed by atoms with Crippen molar-refractivity contribution in [1.82, 2.24) is 0 Å². The van der Waals surface area contributed by atoms with E-state index in [1.165, 1.54) is 0 Å². The Balaban J connectivity index is 2.57. The van der Waals surface area contributed by atoms with E-state index in [0.29, 0.717) is 0 Å². The summed E-state index contributed by atoms with van der Waals surface area (Å²) < 4.78 is 21.3. The van der Waals surface area contributed by atoms with E-state index in [4.69, 9.17) is 0 Å². The van der Waals surface area contributed by atoms with Crippen molar-refractivity contribution in [2.75, 3.05) is 0 Å². The van der Waals surface area contributed by atoms with Crippen molar-refractivity contribution in [2.45, 2.75) is 5.75 Å². The van der Waals surface area contributed by atoms with Crippen LogP contribution in [0.4, 0.5) is 0 Å². The largest absolute Gasteiger partial charge is 0.232 e. The maximum atomic E-state index is 10.6. The molecule has 1 radical (unpaired) electrons. The summed E-state index contributed by atoms with van der Waals surface area (Å²) in [6.45, 7) is 3.88. The standard InChI is InChI=1S/C10H9O2S2/c1-7-4-8(6-14(11)12)10-5-13-3-2-9(7)10/h2-5,14H,1,6H2. The average Bonchev–Trinajstić information content (AvgIpc) is 2.44. The van der Waals surface area contributed by atoms with Crippen molar-refractivity contribution in [3.8, 4) is 11.1 Å². The zero-order valence-electron chi connectivity index (χ0n) is 7.40. The zero-order valence-corrected chi connectivity index (χ0v) is 9.11. The second-order valence-corrected chi connectivity index (χ2v) is 4.83. The van der Waals surface area contributed by atoms with Crippen molar-refractivity contribution in [1.29, 1.82) is 0 Å². The monoisotopic (exact) mass is 225 g/mol. The molecule has 0 unspecified atom stereocenters. The number of fused-ring (bicyclic) bond motifs is 1. The smallest absolute Gasteiger partial charge is 0.144 e. The lowest BCUT2D eigenvalue weighted by Gasteiger charge is -1.99. The van der Waals surface area contributed by atoms with E-state index in [2.05, 4.69) is 6.92 Å². The Kier molecular flexibility index (Phi) is 2.56. The minimum atomic E-state index is -2.36. The number of hydrogen-bond donors (Lipinski definition) is 1. The van der Waals surface area contributed by atoms with E-state index in [9.17, 15) is 8.42 Å². The van der Waals surface area contributed by atoms with E-state index in [1.807, 2.05) is 22.9 Å². The molecule has 2 aliphatic rings. The third-order valence-corrected chi connectivity index (χ3v) is 3.39. The SMILES string of the molecule is [CH2]c1cc(C[SH](=O)=O)c2csccc1-2. The van der Waals surface area contributed by atoms with Gasteiger partial charge in [-0.2, -0.15) is 11.3 Å². The molecule has 73 valence electrons. The van der Waals surface area contributed by atoms with Crippen LogP contribution >= 0.6 is 11.3 Å². The minimum absolute atomic E-state index is 0.109. The van der Waals surface area contributed by atoms with Crippen molar-refractivity contribution in [3.05, 3.63) is 40.9 Å². The van der Waals surface area contributed by atoms with Gasteiger partial charge in [-0.3, -0.25) is 0 Å². The Hall–Kier alpha value is -0.870. The van der Waals surface area contributed by atoms with Gasteiger partial charge >= 0.3 is 0 Å². The first kappa shape index (κ1) is 9.68. The van der Waals surface area contributed by atoms with Crippen LogP contribution in [0.1, 0.15) is 11.1 Å². The summed E-state index contributed by atoms with van der Waals surface area (Å²) in [7, 11) is -2.36. The third-order valence-electron chi connectivity index (χ3n) is 2.13. The fourth-order valence-corrected chi connectivity index (χ4v) is 2.78. The van der Waals surface area contributed by atoms with Gasteiger partial charge in [-0.1, -0.05) is 6.07 Å². The molecule has 0 aromatic carbocycles. The summed E-state index contributed by atoms with van der Waals surface area (Å²) in [4.78, 5) is 0. The molecule has 0 saturated heterocycles. The van der Waals surface area contributed by atoms with Crippen LogP contribution in [0.15, 0.2) is 22.9 Å². The Labute approximate surface area is 88.5 Å². The van der Waals surface area contributed by atoms with Crippen molar-refractivity contribution < 1.29 is 8.42 Å². The molecule has 0 spiro atoms. The molecule has 14 heavy (non-hydrogen) atoms. The van der Waals surface area contributed by atoms with Crippen LogP contribution in [-0.4, -0.2) is 8.42 Å². The third kappa shape index (κ3) is 1.67. The number of hydrogen-bond acceptors (Lipinski definition) is 3. The molecule has 4 heteroatoms. The zero-order chi connectivity index (χ0) is 10.1. The fourth-order valence-electron chi connectivity index (χ4n) is 1.53. The Bertz CT molecular complexity index is 489. The maximum Gasteiger partial charge on any atom is 0.144 e. The summed E-state index contributed by atoms with van der Waals surface area (Å²) in [6.07, 6.45) is 0. The van der Waals surface area contributed by atoms with Crippen LogP contribution in [0.3, 0.4) is 0 Å². The number of rotatable bonds is 2. The van der Waals surface area contributed by atoms with Crippen LogP contribution < -0.4 is 0 Å². The first-order valence-electron chi connectivity index (χ1n) is 4.10. The molecule has 1 heterocycles. The predicted octanol–water partition coefficient (Wildman–Crippen LogP) is 2.15. The van der Waals surface area contributed by atoms with Crippen LogP contribution in [0.25, 0.3) is 11.1 Å². The van der Waals surface area contributed by atoms with Gasteiger partial charge in [0.1, 0.15) is 10.7 Å². The van der Waals surface area contributed by atoms with Crippen molar-refractivity contribution in [3.63, 3.8) is 0 Å². The molecule has 0 amide bonds. The van der Waals surface area contributed by atoms with E-state index in [0.717, 1.165) is 22.3 Å². The molecule has 2 nitrogen and oxygen atoms in total. The van der Waals surface area contributed by atoms with Gasteiger partial charge in [-0.15, -0.1) is 0 Å². The maximum absolute atomic E-state index is 10.6. The fraction of sp³-hybridized carbons (Fsp3) is 0.100. The molecule has 0 saturated carbocycles. The van der Waals surface area contributed by atoms with Gasteiger partial charge in [0.25, 0.3) is 0 Å². The van der Waals surface area contributed by atoms with E-state index in [-0.39, 0.29) is 5.75 Å². The van der Waals surface area contributed by atoms with Crippen LogP contribution in [-0.2, 0) is 16.5 Å². The molecule has 2 rings (SSSR count). The van der Waals surface area contributed by atoms with Gasteiger partial charge in [0.2, 0.25) is 0 Å². The van der Waals surface area contributed by atoms with E-state index < -0.39 is 10.7 Å². The molecule has 0 N–H and O–H groups in total. The van der Waals surface area contributed by atoms with E-state index in [1.54, 1.807) is 11.3 Å². The molecule has 1 aliphatic carbocycles. The molecular formula is C10H9O2S2. The molecule has 0 bridgehead atoms. The summed E-state index contributed by atoms with van der Waals surface area (Å²) >= 11 is 1.56. The number of thiol groups is 1. The van der Waals surface area contributed by atoms with Gasteiger partial charge in [-0.25, -0.2) is 8.42 Å². The minimum Gasteiger partial charge on any atom is -0.232 e. The summed E-state index contributed by atoms with van der Waals surface area (Å²) in [5.41, 5.74) is 3.83. The van der Waals surface area contributed by atoms with Gasteiger partial charge in [-0.05, 0) is 46.0 Å². The molecule has 0 aromatic heterocycles. The average molecular weight is 225 g/mol. The Morgan fingerprint density at radius 2 is 2.14 bits per heavy atom. The molecule has 0 aromatic rings. The highest BCUT2D eigenvalue weighted by atomic mass is 32.2. The lowest BCUT2D eigenvalue weighted by atomic mass is 10.1. The highest BCUT2D eigenvalue weighted by Gasteiger charge is 2.12. The Morgan fingerprint density at radius 1 is 1.36 bits per heavy atom. The highest BCUT2D eigenvalue weighted by molar-refractivity contribution is 7.71. The lowest BCUT2D eigenvalue weighted by molar-refractivity contribution is 0.614. The quantitative estimate of drug-likeness (QED) is 0.795. The second-order valence-electron chi connectivity index (χ2n) is 3.07. The van der Waals surface area contributed by atoms with Crippen LogP contribution in [0.5, 0.6) is 0 Å². The van der Waals surface area contributed by atoms with Crippen molar-refractivity contribution in [2.24, 2.45) is 0 Å². The Morgan fingerprint density at radius 3 is 2.86 bits per heavy atom. The van der Waals surface area contributed by atoms with Gasteiger partial charge in [0, 0.05) is 0 Å². The van der Waals surface area contributed by atoms with Crippen molar-refractivity contribution >= 4 is 22.0 Å². The van der Waals surface area contributed by atoms with E-state index >= 15 is 0 Å². The molecule has 0 fully saturated rings. The lowest BCUT2D eigenvalue weighted by Crippen LogP contribution is -1.85.